The zero-order chi connectivity index (χ0) is 17.4. The van der Waals surface area contributed by atoms with Crippen molar-refractivity contribution in [3.05, 3.63) is 29.3 Å². The van der Waals surface area contributed by atoms with Crippen molar-refractivity contribution >= 4 is 5.91 Å². The standard InChI is InChI=1S/C21H29NO3/c1-25-20-11-10-15(13-17(20)14-8-9-14)21(24)22-12-4-6-18(22)16-5-2-3-7-19(16)23/h10-11,13-14,16,18-19,23H,2-9,12H2,1H3/t16-,18+,19-/m0/s1. The molecule has 1 N–H and O–H groups in total. The van der Waals surface area contributed by atoms with Gasteiger partial charge in [0.15, 0.2) is 0 Å². The number of methoxy groups -OCH3 is 1. The van der Waals surface area contributed by atoms with E-state index in [1.54, 1.807) is 7.11 Å². The fourth-order valence-corrected chi connectivity index (χ4v) is 4.83. The normalized spacial score (nSPS) is 29.7. The Balaban J connectivity index is 1.56. The van der Waals surface area contributed by atoms with E-state index in [1.807, 2.05) is 23.1 Å². The van der Waals surface area contributed by atoms with Crippen LogP contribution in [-0.4, -0.2) is 41.7 Å². The van der Waals surface area contributed by atoms with Crippen LogP contribution in [0.25, 0.3) is 0 Å². The van der Waals surface area contributed by atoms with Gasteiger partial charge in [0.05, 0.1) is 13.2 Å². The summed E-state index contributed by atoms with van der Waals surface area (Å²) in [6, 6.07) is 6.10. The molecule has 4 rings (SSSR count). The Morgan fingerprint density at radius 3 is 2.64 bits per heavy atom. The molecule has 3 fully saturated rings. The molecular formula is C21H29NO3. The Bertz CT molecular complexity index is 640. The lowest BCUT2D eigenvalue weighted by Gasteiger charge is -2.37. The van der Waals surface area contributed by atoms with Gasteiger partial charge in [-0.25, -0.2) is 0 Å². The average Bonchev–Trinajstić information content (AvgIpc) is 3.38. The van der Waals surface area contributed by atoms with Crippen molar-refractivity contribution in [3.63, 3.8) is 0 Å². The summed E-state index contributed by atoms with van der Waals surface area (Å²) in [6.45, 7) is 0.817. The van der Waals surface area contributed by atoms with Crippen molar-refractivity contribution in [3.8, 4) is 5.75 Å². The molecule has 1 aliphatic heterocycles. The summed E-state index contributed by atoms with van der Waals surface area (Å²) in [4.78, 5) is 15.2. The molecule has 1 aromatic carbocycles. The molecule has 4 nitrogen and oxygen atoms in total. The first-order valence-electron chi connectivity index (χ1n) is 9.86. The number of carbonyl (C=O) groups excluding carboxylic acids is 1. The summed E-state index contributed by atoms with van der Waals surface area (Å²) in [5.74, 6) is 1.84. The van der Waals surface area contributed by atoms with Gasteiger partial charge in [-0.1, -0.05) is 12.8 Å². The summed E-state index contributed by atoms with van der Waals surface area (Å²) >= 11 is 0. The zero-order valence-corrected chi connectivity index (χ0v) is 15.1. The van der Waals surface area contributed by atoms with E-state index in [4.69, 9.17) is 4.74 Å². The van der Waals surface area contributed by atoms with Gasteiger partial charge >= 0.3 is 0 Å². The number of hydrogen-bond acceptors (Lipinski definition) is 3. The van der Waals surface area contributed by atoms with Crippen LogP contribution >= 0.6 is 0 Å². The smallest absolute Gasteiger partial charge is 0.254 e. The van der Waals surface area contributed by atoms with E-state index in [-0.39, 0.29) is 24.0 Å². The fraction of sp³-hybridized carbons (Fsp3) is 0.667. The van der Waals surface area contributed by atoms with E-state index >= 15 is 0 Å². The molecule has 1 aromatic rings. The van der Waals surface area contributed by atoms with Crippen LogP contribution in [0.1, 0.15) is 73.2 Å². The number of rotatable bonds is 4. The second-order valence-electron chi connectivity index (χ2n) is 7.95. The number of benzene rings is 1. The largest absolute Gasteiger partial charge is 0.496 e. The molecule has 0 bridgehead atoms. The van der Waals surface area contributed by atoms with Gasteiger partial charge in [-0.3, -0.25) is 4.79 Å². The van der Waals surface area contributed by atoms with Crippen molar-refractivity contribution in [2.75, 3.05) is 13.7 Å². The highest BCUT2D eigenvalue weighted by atomic mass is 16.5. The third-order valence-corrected chi connectivity index (χ3v) is 6.33. The topological polar surface area (TPSA) is 49.8 Å². The highest BCUT2D eigenvalue weighted by molar-refractivity contribution is 5.95. The van der Waals surface area contributed by atoms with Gasteiger partial charge in [0.2, 0.25) is 0 Å². The van der Waals surface area contributed by atoms with Gasteiger partial charge in [-0.15, -0.1) is 0 Å². The zero-order valence-electron chi connectivity index (χ0n) is 15.1. The molecule has 3 aliphatic rings. The number of carbonyl (C=O) groups is 1. The van der Waals surface area contributed by atoms with Gasteiger partial charge in [-0.2, -0.15) is 0 Å². The molecule has 4 heteroatoms. The van der Waals surface area contributed by atoms with Crippen LogP contribution in [0.5, 0.6) is 5.75 Å². The van der Waals surface area contributed by atoms with Crippen LogP contribution in [0.4, 0.5) is 0 Å². The van der Waals surface area contributed by atoms with E-state index in [0.717, 1.165) is 50.0 Å². The number of ether oxygens (including phenoxy) is 1. The van der Waals surface area contributed by atoms with Crippen molar-refractivity contribution in [1.82, 2.24) is 4.90 Å². The molecule has 2 saturated carbocycles. The first-order chi connectivity index (χ1) is 12.2. The minimum Gasteiger partial charge on any atom is -0.496 e. The van der Waals surface area contributed by atoms with Crippen molar-refractivity contribution in [1.29, 1.82) is 0 Å². The molecular weight excluding hydrogens is 314 g/mol. The molecule has 3 atom stereocenters. The predicted octanol–water partition coefficient (Wildman–Crippen LogP) is 3.73. The maximum absolute atomic E-state index is 13.2. The van der Waals surface area contributed by atoms with Crippen LogP contribution < -0.4 is 4.74 Å². The van der Waals surface area contributed by atoms with E-state index in [1.165, 1.54) is 24.8 Å². The van der Waals surface area contributed by atoms with E-state index in [9.17, 15) is 9.90 Å². The van der Waals surface area contributed by atoms with Gasteiger partial charge < -0.3 is 14.7 Å². The third-order valence-electron chi connectivity index (χ3n) is 6.33. The summed E-state index contributed by atoms with van der Waals surface area (Å²) in [6.07, 6.45) is 8.43. The number of amides is 1. The predicted molar refractivity (Wildman–Crippen MR) is 97.0 cm³/mol. The molecule has 0 spiro atoms. The van der Waals surface area contributed by atoms with Crippen LogP contribution in [0, 0.1) is 5.92 Å². The Kier molecular flexibility index (Phi) is 4.72. The monoisotopic (exact) mass is 343 g/mol. The SMILES string of the molecule is COc1ccc(C(=O)N2CCC[C@@H]2[C@@H]2CCCC[C@@H]2O)cc1C1CC1. The second kappa shape index (κ2) is 6.99. The highest BCUT2D eigenvalue weighted by Crippen LogP contribution is 2.45. The number of likely N-dealkylation sites (tertiary alicyclic amines) is 1. The average molecular weight is 343 g/mol. The third kappa shape index (κ3) is 3.29. The van der Waals surface area contributed by atoms with Crippen molar-refractivity contribution in [2.24, 2.45) is 5.92 Å². The molecule has 25 heavy (non-hydrogen) atoms. The van der Waals surface area contributed by atoms with Crippen molar-refractivity contribution in [2.45, 2.75) is 69.4 Å². The van der Waals surface area contributed by atoms with E-state index in [0.29, 0.717) is 5.92 Å². The molecule has 1 saturated heterocycles. The Morgan fingerprint density at radius 2 is 1.92 bits per heavy atom. The Morgan fingerprint density at radius 1 is 1.12 bits per heavy atom. The number of hydrogen-bond donors (Lipinski definition) is 1. The summed E-state index contributed by atoms with van der Waals surface area (Å²) in [5, 5.41) is 10.4. The Labute approximate surface area is 150 Å². The number of aliphatic hydroxyl groups excluding tert-OH is 1. The summed E-state index contributed by atoms with van der Waals surface area (Å²) in [5.41, 5.74) is 1.96. The van der Waals surface area contributed by atoms with Gasteiger partial charge in [0.25, 0.3) is 5.91 Å². The summed E-state index contributed by atoms with van der Waals surface area (Å²) in [7, 11) is 1.70. The maximum Gasteiger partial charge on any atom is 0.254 e. The molecule has 0 unspecified atom stereocenters. The molecule has 0 aromatic heterocycles. The Hall–Kier alpha value is -1.55. The first-order valence-corrected chi connectivity index (χ1v) is 9.86. The maximum atomic E-state index is 13.2. The van der Waals surface area contributed by atoms with Crippen LogP contribution in [-0.2, 0) is 0 Å². The number of nitrogens with zero attached hydrogens (tertiary/aromatic N) is 1. The first kappa shape index (κ1) is 16.9. The highest BCUT2D eigenvalue weighted by Gasteiger charge is 2.39. The van der Waals surface area contributed by atoms with Crippen LogP contribution in [0.15, 0.2) is 18.2 Å². The lowest BCUT2D eigenvalue weighted by atomic mass is 9.80. The van der Waals surface area contributed by atoms with Gasteiger partial charge in [-0.05, 0) is 68.2 Å². The molecule has 2 aliphatic carbocycles. The fourth-order valence-electron chi connectivity index (χ4n) is 4.83. The molecule has 1 heterocycles. The number of aliphatic hydroxyl groups is 1. The van der Waals surface area contributed by atoms with Gasteiger partial charge in [0, 0.05) is 24.1 Å². The van der Waals surface area contributed by atoms with Crippen LogP contribution in [0.3, 0.4) is 0 Å². The van der Waals surface area contributed by atoms with E-state index < -0.39 is 0 Å². The van der Waals surface area contributed by atoms with Gasteiger partial charge in [0.1, 0.15) is 5.75 Å². The molecule has 136 valence electrons. The summed E-state index contributed by atoms with van der Waals surface area (Å²) < 4.78 is 5.48. The van der Waals surface area contributed by atoms with Crippen LogP contribution in [0.2, 0.25) is 0 Å². The van der Waals surface area contributed by atoms with Crippen molar-refractivity contribution < 1.29 is 14.6 Å². The molecule has 1 amide bonds. The molecule has 0 radical (unpaired) electrons. The lowest BCUT2D eigenvalue weighted by molar-refractivity contribution is 0.0211. The van der Waals surface area contributed by atoms with E-state index in [2.05, 4.69) is 0 Å². The quantitative estimate of drug-likeness (QED) is 0.906. The second-order valence-corrected chi connectivity index (χ2v) is 7.95. The lowest BCUT2D eigenvalue weighted by Crippen LogP contribution is -2.45. The minimum atomic E-state index is -0.245. The minimum absolute atomic E-state index is 0.129.